The molecule has 1 rings (SSSR count). The van der Waals surface area contributed by atoms with E-state index in [1.807, 2.05) is 19.2 Å². The van der Waals surface area contributed by atoms with Crippen LogP contribution in [0.2, 0.25) is 0 Å². The Hall–Kier alpha value is -2.44. The highest BCUT2D eigenvalue weighted by atomic mass is 16.5. The summed E-state index contributed by atoms with van der Waals surface area (Å²) in [7, 11) is 0. The van der Waals surface area contributed by atoms with E-state index in [1.165, 1.54) is 0 Å². The molecule has 1 aromatic carbocycles. The molecule has 0 fully saturated rings. The normalized spacial score (nSPS) is 11.4. The molecule has 0 heterocycles. The molecule has 0 aromatic heterocycles. The minimum Gasteiger partial charge on any atom is -0.494 e. The van der Waals surface area contributed by atoms with E-state index in [0.717, 1.165) is 0 Å². The van der Waals surface area contributed by atoms with Gasteiger partial charge in [0.2, 0.25) is 5.91 Å². The fourth-order valence-corrected chi connectivity index (χ4v) is 1.69. The van der Waals surface area contributed by atoms with Gasteiger partial charge in [0.05, 0.1) is 18.9 Å². The Balaban J connectivity index is 2.89. The molecular weight excluding hydrogens is 274 g/mol. The van der Waals surface area contributed by atoms with Crippen molar-refractivity contribution in [1.82, 2.24) is 5.32 Å². The predicted molar refractivity (Wildman–Crippen MR) is 79.6 cm³/mol. The standard InChI is InChI=1S/C14H21N3O4/c1-4-20-10-6-7-12(21-5-2)11(8-10)16-9(3)13(18)17-14(15)19/h6-9,16H,4-5H2,1-3H3,(H3,15,17,18,19). The van der Waals surface area contributed by atoms with Crippen LogP contribution in [0.5, 0.6) is 11.5 Å². The monoisotopic (exact) mass is 295 g/mol. The van der Waals surface area contributed by atoms with E-state index >= 15 is 0 Å². The largest absolute Gasteiger partial charge is 0.494 e. The van der Waals surface area contributed by atoms with Crippen LogP contribution in [0.4, 0.5) is 10.5 Å². The van der Waals surface area contributed by atoms with Gasteiger partial charge in [0, 0.05) is 6.07 Å². The first-order valence-electron chi connectivity index (χ1n) is 6.74. The van der Waals surface area contributed by atoms with Gasteiger partial charge in [-0.3, -0.25) is 10.1 Å². The number of urea groups is 1. The molecule has 0 aliphatic rings. The van der Waals surface area contributed by atoms with Gasteiger partial charge in [-0.05, 0) is 32.9 Å². The van der Waals surface area contributed by atoms with Crippen LogP contribution in [0.1, 0.15) is 20.8 Å². The lowest BCUT2D eigenvalue weighted by atomic mass is 10.2. The summed E-state index contributed by atoms with van der Waals surface area (Å²) in [6.45, 7) is 6.38. The van der Waals surface area contributed by atoms with E-state index in [9.17, 15) is 9.59 Å². The summed E-state index contributed by atoms with van der Waals surface area (Å²) in [5.41, 5.74) is 5.53. The molecule has 21 heavy (non-hydrogen) atoms. The molecule has 0 saturated carbocycles. The highest BCUT2D eigenvalue weighted by Crippen LogP contribution is 2.30. The SMILES string of the molecule is CCOc1ccc(OCC)c(NC(C)C(=O)NC(N)=O)c1. The van der Waals surface area contributed by atoms with E-state index in [4.69, 9.17) is 15.2 Å². The summed E-state index contributed by atoms with van der Waals surface area (Å²) in [5, 5.41) is 4.99. The number of ether oxygens (including phenoxy) is 2. The number of nitrogens with one attached hydrogen (secondary N) is 2. The third kappa shape index (κ3) is 5.21. The van der Waals surface area contributed by atoms with Crippen LogP contribution in [0.25, 0.3) is 0 Å². The minimum atomic E-state index is -0.887. The Bertz CT molecular complexity index is 505. The number of amides is 3. The van der Waals surface area contributed by atoms with Crippen molar-refractivity contribution in [3.05, 3.63) is 18.2 Å². The number of nitrogens with two attached hydrogens (primary N) is 1. The summed E-state index contributed by atoms with van der Waals surface area (Å²) in [6, 6.07) is 3.74. The first kappa shape index (κ1) is 16.6. The van der Waals surface area contributed by atoms with Crippen molar-refractivity contribution in [2.75, 3.05) is 18.5 Å². The second-order valence-electron chi connectivity index (χ2n) is 4.24. The Morgan fingerprint density at radius 1 is 1.24 bits per heavy atom. The average Bonchev–Trinajstić information content (AvgIpc) is 2.41. The summed E-state index contributed by atoms with van der Waals surface area (Å²) < 4.78 is 10.9. The lowest BCUT2D eigenvalue weighted by Crippen LogP contribution is -2.43. The predicted octanol–water partition coefficient (Wildman–Crippen LogP) is 1.48. The average molecular weight is 295 g/mol. The first-order chi connectivity index (χ1) is 9.97. The third-order valence-corrected chi connectivity index (χ3v) is 2.57. The highest BCUT2D eigenvalue weighted by Gasteiger charge is 2.16. The molecule has 1 aromatic rings. The van der Waals surface area contributed by atoms with Crippen molar-refractivity contribution in [2.24, 2.45) is 5.73 Å². The van der Waals surface area contributed by atoms with Crippen LogP contribution in [0.3, 0.4) is 0 Å². The van der Waals surface area contributed by atoms with Crippen LogP contribution in [0, 0.1) is 0 Å². The maximum Gasteiger partial charge on any atom is 0.318 e. The van der Waals surface area contributed by atoms with Crippen LogP contribution in [-0.2, 0) is 4.79 Å². The van der Waals surface area contributed by atoms with Gasteiger partial charge in [-0.1, -0.05) is 0 Å². The topological polar surface area (TPSA) is 103 Å². The molecule has 0 bridgehead atoms. The number of benzene rings is 1. The van der Waals surface area contributed by atoms with Crippen molar-refractivity contribution in [3.63, 3.8) is 0 Å². The van der Waals surface area contributed by atoms with E-state index in [1.54, 1.807) is 25.1 Å². The van der Waals surface area contributed by atoms with Gasteiger partial charge in [-0.25, -0.2) is 4.79 Å². The van der Waals surface area contributed by atoms with Crippen molar-refractivity contribution in [1.29, 1.82) is 0 Å². The third-order valence-electron chi connectivity index (χ3n) is 2.57. The second-order valence-corrected chi connectivity index (χ2v) is 4.24. The van der Waals surface area contributed by atoms with Crippen LogP contribution < -0.4 is 25.8 Å². The molecule has 1 atom stereocenters. The van der Waals surface area contributed by atoms with E-state index < -0.39 is 18.0 Å². The van der Waals surface area contributed by atoms with Crippen molar-refractivity contribution in [2.45, 2.75) is 26.8 Å². The Kier molecular flexibility index (Phi) is 6.32. The number of anilines is 1. The smallest absolute Gasteiger partial charge is 0.318 e. The maximum atomic E-state index is 11.7. The summed E-state index contributed by atoms with van der Waals surface area (Å²) >= 11 is 0. The van der Waals surface area contributed by atoms with Crippen LogP contribution >= 0.6 is 0 Å². The fourth-order valence-electron chi connectivity index (χ4n) is 1.69. The molecule has 3 amide bonds. The molecule has 116 valence electrons. The molecule has 0 saturated heterocycles. The second kappa shape index (κ2) is 7.98. The Labute approximate surface area is 123 Å². The number of carbonyl (C=O) groups excluding carboxylic acids is 2. The van der Waals surface area contributed by atoms with Gasteiger partial charge in [-0.2, -0.15) is 0 Å². The van der Waals surface area contributed by atoms with E-state index in [2.05, 4.69) is 5.32 Å². The number of primary amides is 1. The molecule has 0 spiro atoms. The van der Waals surface area contributed by atoms with Crippen LogP contribution in [0.15, 0.2) is 18.2 Å². The first-order valence-corrected chi connectivity index (χ1v) is 6.74. The molecular formula is C14H21N3O4. The van der Waals surface area contributed by atoms with Crippen molar-refractivity contribution >= 4 is 17.6 Å². The van der Waals surface area contributed by atoms with Gasteiger partial charge in [0.1, 0.15) is 17.5 Å². The molecule has 1 unspecified atom stereocenters. The number of imide groups is 1. The zero-order valence-electron chi connectivity index (χ0n) is 12.4. The molecule has 0 radical (unpaired) electrons. The lowest BCUT2D eigenvalue weighted by Gasteiger charge is -2.18. The van der Waals surface area contributed by atoms with Crippen molar-refractivity contribution < 1.29 is 19.1 Å². The number of hydrogen-bond donors (Lipinski definition) is 3. The van der Waals surface area contributed by atoms with Gasteiger partial charge in [0.25, 0.3) is 0 Å². The Morgan fingerprint density at radius 3 is 2.48 bits per heavy atom. The quantitative estimate of drug-likeness (QED) is 0.707. The number of carbonyl (C=O) groups is 2. The molecule has 0 aliphatic heterocycles. The number of hydrogen-bond acceptors (Lipinski definition) is 5. The van der Waals surface area contributed by atoms with Crippen molar-refractivity contribution in [3.8, 4) is 11.5 Å². The van der Waals surface area contributed by atoms with Gasteiger partial charge in [0.15, 0.2) is 0 Å². The highest BCUT2D eigenvalue weighted by molar-refractivity contribution is 5.97. The lowest BCUT2D eigenvalue weighted by molar-refractivity contribution is -0.120. The molecule has 0 aliphatic carbocycles. The van der Waals surface area contributed by atoms with E-state index in [0.29, 0.717) is 30.4 Å². The summed E-state index contributed by atoms with van der Waals surface area (Å²) in [4.78, 5) is 22.4. The fraction of sp³-hybridized carbons (Fsp3) is 0.429. The molecule has 7 heteroatoms. The van der Waals surface area contributed by atoms with Gasteiger partial charge < -0.3 is 20.5 Å². The van der Waals surface area contributed by atoms with Gasteiger partial charge >= 0.3 is 6.03 Å². The maximum absolute atomic E-state index is 11.7. The van der Waals surface area contributed by atoms with Crippen LogP contribution in [-0.4, -0.2) is 31.2 Å². The zero-order valence-corrected chi connectivity index (χ0v) is 12.4. The van der Waals surface area contributed by atoms with Gasteiger partial charge in [-0.15, -0.1) is 0 Å². The van der Waals surface area contributed by atoms with E-state index in [-0.39, 0.29) is 0 Å². The summed E-state index contributed by atoms with van der Waals surface area (Å²) in [6.07, 6.45) is 0. The minimum absolute atomic E-state index is 0.491. The number of rotatable bonds is 7. The zero-order chi connectivity index (χ0) is 15.8. The Morgan fingerprint density at radius 2 is 1.90 bits per heavy atom. The molecule has 7 nitrogen and oxygen atoms in total. The summed E-state index contributed by atoms with van der Waals surface area (Å²) in [5.74, 6) is 0.734. The molecule has 4 N–H and O–H groups in total.